The molecule has 0 spiro atoms. The SMILES string of the molecule is O=C(NCc1ccc(Cl)cc1)N1CCCC(Oc2ncccn2)C1. The van der Waals surface area contributed by atoms with E-state index in [0.717, 1.165) is 24.9 Å². The van der Waals surface area contributed by atoms with Crippen LogP contribution in [0, 0.1) is 0 Å². The third kappa shape index (κ3) is 4.58. The first kappa shape index (κ1) is 16.5. The van der Waals surface area contributed by atoms with Crippen LogP contribution in [0.5, 0.6) is 6.01 Å². The van der Waals surface area contributed by atoms with E-state index in [1.807, 2.05) is 24.3 Å². The molecule has 1 unspecified atom stereocenters. The average molecular weight is 347 g/mol. The molecule has 2 amide bonds. The van der Waals surface area contributed by atoms with Crippen molar-refractivity contribution in [1.29, 1.82) is 0 Å². The number of piperidine rings is 1. The van der Waals surface area contributed by atoms with Crippen LogP contribution in [0.4, 0.5) is 4.79 Å². The van der Waals surface area contributed by atoms with Crippen LogP contribution >= 0.6 is 11.6 Å². The summed E-state index contributed by atoms with van der Waals surface area (Å²) in [4.78, 5) is 22.2. The number of amides is 2. The third-order valence-electron chi connectivity index (χ3n) is 3.84. The number of carbonyl (C=O) groups excluding carboxylic acids is 1. The predicted octanol–water partition coefficient (Wildman–Crippen LogP) is 2.88. The van der Waals surface area contributed by atoms with Gasteiger partial charge in [0.25, 0.3) is 0 Å². The molecule has 0 bridgehead atoms. The fourth-order valence-corrected chi connectivity index (χ4v) is 2.73. The Morgan fingerprint density at radius 1 is 1.29 bits per heavy atom. The number of ether oxygens (including phenoxy) is 1. The number of urea groups is 1. The largest absolute Gasteiger partial charge is 0.458 e. The fourth-order valence-electron chi connectivity index (χ4n) is 2.61. The maximum atomic E-state index is 12.3. The van der Waals surface area contributed by atoms with Crippen LogP contribution in [-0.2, 0) is 6.54 Å². The number of hydrogen-bond donors (Lipinski definition) is 1. The van der Waals surface area contributed by atoms with Crippen molar-refractivity contribution in [3.63, 3.8) is 0 Å². The number of halogens is 1. The van der Waals surface area contributed by atoms with Gasteiger partial charge < -0.3 is 15.0 Å². The van der Waals surface area contributed by atoms with Crippen LogP contribution in [0.15, 0.2) is 42.7 Å². The Bertz CT molecular complexity index is 666. The highest BCUT2D eigenvalue weighted by molar-refractivity contribution is 6.30. The van der Waals surface area contributed by atoms with Gasteiger partial charge in [0, 0.05) is 30.5 Å². The minimum Gasteiger partial charge on any atom is -0.458 e. The molecule has 1 N–H and O–H groups in total. The molecule has 1 aliphatic heterocycles. The minimum absolute atomic E-state index is 0.0811. The summed E-state index contributed by atoms with van der Waals surface area (Å²) >= 11 is 5.86. The summed E-state index contributed by atoms with van der Waals surface area (Å²) in [6, 6.07) is 9.43. The molecule has 1 saturated heterocycles. The van der Waals surface area contributed by atoms with E-state index in [1.54, 1.807) is 23.4 Å². The molecule has 2 aromatic rings. The number of likely N-dealkylation sites (tertiary alicyclic amines) is 1. The number of hydrogen-bond acceptors (Lipinski definition) is 4. The zero-order valence-electron chi connectivity index (χ0n) is 13.2. The van der Waals surface area contributed by atoms with Crippen LogP contribution in [0.1, 0.15) is 18.4 Å². The lowest BCUT2D eigenvalue weighted by molar-refractivity contribution is 0.0938. The van der Waals surface area contributed by atoms with Gasteiger partial charge in [0.2, 0.25) is 0 Å². The molecule has 126 valence electrons. The predicted molar refractivity (Wildman–Crippen MR) is 90.9 cm³/mol. The number of aromatic nitrogens is 2. The molecule has 1 aromatic carbocycles. The van der Waals surface area contributed by atoms with Crippen molar-refractivity contribution in [1.82, 2.24) is 20.2 Å². The fraction of sp³-hybridized carbons (Fsp3) is 0.353. The van der Waals surface area contributed by atoms with Gasteiger partial charge in [-0.2, -0.15) is 0 Å². The summed E-state index contributed by atoms with van der Waals surface area (Å²) in [7, 11) is 0. The average Bonchev–Trinajstić information content (AvgIpc) is 2.62. The summed E-state index contributed by atoms with van der Waals surface area (Å²) in [6.45, 7) is 1.73. The van der Waals surface area contributed by atoms with Gasteiger partial charge >= 0.3 is 12.0 Å². The van der Waals surface area contributed by atoms with Gasteiger partial charge in [-0.15, -0.1) is 0 Å². The zero-order chi connectivity index (χ0) is 16.8. The normalized spacial score (nSPS) is 17.4. The quantitative estimate of drug-likeness (QED) is 0.924. The second kappa shape index (κ2) is 7.97. The monoisotopic (exact) mass is 346 g/mol. The van der Waals surface area contributed by atoms with Crippen molar-refractivity contribution >= 4 is 17.6 Å². The van der Waals surface area contributed by atoms with E-state index in [2.05, 4.69) is 15.3 Å². The van der Waals surface area contributed by atoms with Crippen LogP contribution in [0.25, 0.3) is 0 Å². The highest BCUT2D eigenvalue weighted by Crippen LogP contribution is 2.15. The Labute approximate surface area is 145 Å². The van der Waals surface area contributed by atoms with E-state index in [1.165, 1.54) is 0 Å². The van der Waals surface area contributed by atoms with Crippen LogP contribution in [-0.4, -0.2) is 40.1 Å². The van der Waals surface area contributed by atoms with Gasteiger partial charge in [-0.3, -0.25) is 0 Å². The molecule has 24 heavy (non-hydrogen) atoms. The number of carbonyl (C=O) groups is 1. The number of benzene rings is 1. The Kier molecular flexibility index (Phi) is 5.48. The molecule has 6 nitrogen and oxygen atoms in total. The van der Waals surface area contributed by atoms with Gasteiger partial charge in [0.1, 0.15) is 6.10 Å². The summed E-state index contributed by atoms with van der Waals surface area (Å²) in [5.74, 6) is 0. The number of nitrogens with zero attached hydrogens (tertiary/aromatic N) is 3. The third-order valence-corrected chi connectivity index (χ3v) is 4.09. The lowest BCUT2D eigenvalue weighted by atomic mass is 10.1. The highest BCUT2D eigenvalue weighted by Gasteiger charge is 2.25. The van der Waals surface area contributed by atoms with E-state index in [4.69, 9.17) is 16.3 Å². The van der Waals surface area contributed by atoms with Crippen molar-refractivity contribution in [2.24, 2.45) is 0 Å². The van der Waals surface area contributed by atoms with E-state index in [9.17, 15) is 4.79 Å². The van der Waals surface area contributed by atoms with Crippen molar-refractivity contribution in [2.75, 3.05) is 13.1 Å². The Hall–Kier alpha value is -2.34. The number of nitrogens with one attached hydrogen (secondary N) is 1. The maximum absolute atomic E-state index is 12.3. The topological polar surface area (TPSA) is 67.4 Å². The molecular weight excluding hydrogens is 328 g/mol. The molecule has 3 rings (SSSR count). The molecule has 1 aliphatic rings. The molecule has 1 aromatic heterocycles. The zero-order valence-corrected chi connectivity index (χ0v) is 13.9. The Morgan fingerprint density at radius 2 is 2.04 bits per heavy atom. The van der Waals surface area contributed by atoms with Gasteiger partial charge in [-0.05, 0) is 36.6 Å². The summed E-state index contributed by atoms with van der Waals surface area (Å²) in [5.41, 5.74) is 1.01. The van der Waals surface area contributed by atoms with Gasteiger partial charge in [-0.25, -0.2) is 14.8 Å². The molecule has 1 fully saturated rings. The molecular formula is C17H19ClN4O2. The van der Waals surface area contributed by atoms with Gasteiger partial charge in [-0.1, -0.05) is 23.7 Å². The summed E-state index contributed by atoms with van der Waals surface area (Å²) in [5, 5.41) is 3.61. The van der Waals surface area contributed by atoms with Crippen LogP contribution in [0.2, 0.25) is 5.02 Å². The second-order valence-electron chi connectivity index (χ2n) is 5.64. The highest BCUT2D eigenvalue weighted by atomic mass is 35.5. The molecule has 0 aliphatic carbocycles. The molecule has 0 radical (unpaired) electrons. The molecule has 7 heteroatoms. The lowest BCUT2D eigenvalue weighted by Gasteiger charge is -2.32. The lowest BCUT2D eigenvalue weighted by Crippen LogP contribution is -2.48. The maximum Gasteiger partial charge on any atom is 0.317 e. The summed E-state index contributed by atoms with van der Waals surface area (Å²) < 4.78 is 5.75. The first-order chi connectivity index (χ1) is 11.7. The number of rotatable bonds is 4. The first-order valence-corrected chi connectivity index (χ1v) is 8.29. The molecule has 0 saturated carbocycles. The molecule has 1 atom stereocenters. The van der Waals surface area contributed by atoms with E-state index >= 15 is 0 Å². The Morgan fingerprint density at radius 3 is 2.79 bits per heavy atom. The van der Waals surface area contributed by atoms with Crippen molar-refractivity contribution in [3.05, 3.63) is 53.3 Å². The van der Waals surface area contributed by atoms with E-state index in [0.29, 0.717) is 24.1 Å². The molecule has 2 heterocycles. The first-order valence-electron chi connectivity index (χ1n) is 7.91. The minimum atomic E-state index is -0.0905. The Balaban J connectivity index is 1.50. The van der Waals surface area contributed by atoms with E-state index < -0.39 is 0 Å². The smallest absolute Gasteiger partial charge is 0.317 e. The summed E-state index contributed by atoms with van der Waals surface area (Å²) in [6.07, 6.45) is 4.98. The second-order valence-corrected chi connectivity index (χ2v) is 6.08. The van der Waals surface area contributed by atoms with Crippen molar-refractivity contribution < 1.29 is 9.53 Å². The van der Waals surface area contributed by atoms with Gasteiger partial charge in [0.05, 0.1) is 6.54 Å². The van der Waals surface area contributed by atoms with Crippen LogP contribution < -0.4 is 10.1 Å². The van der Waals surface area contributed by atoms with Crippen molar-refractivity contribution in [3.8, 4) is 6.01 Å². The van der Waals surface area contributed by atoms with Crippen LogP contribution in [0.3, 0.4) is 0 Å². The van der Waals surface area contributed by atoms with Gasteiger partial charge in [0.15, 0.2) is 0 Å². The van der Waals surface area contributed by atoms with E-state index in [-0.39, 0.29) is 12.1 Å². The van der Waals surface area contributed by atoms with Crippen molar-refractivity contribution in [2.45, 2.75) is 25.5 Å². The standard InChI is InChI=1S/C17H19ClN4O2/c18-14-6-4-13(5-7-14)11-21-17(23)22-10-1-3-15(12-22)24-16-19-8-2-9-20-16/h2,4-9,15H,1,3,10-12H2,(H,21,23).